The van der Waals surface area contributed by atoms with Crippen LogP contribution in [0.15, 0.2) is 54.9 Å². The highest BCUT2D eigenvalue weighted by molar-refractivity contribution is 6.30. The van der Waals surface area contributed by atoms with E-state index in [0.29, 0.717) is 17.3 Å². The lowest BCUT2D eigenvalue weighted by Crippen LogP contribution is -2.30. The van der Waals surface area contributed by atoms with E-state index in [0.717, 1.165) is 24.2 Å². The lowest BCUT2D eigenvalue weighted by atomic mass is 10.3. The molecule has 6 heteroatoms. The summed E-state index contributed by atoms with van der Waals surface area (Å²) in [5, 5.41) is 3.49. The average Bonchev–Trinajstić information content (AvgIpc) is 3.01. The zero-order valence-corrected chi connectivity index (χ0v) is 13.9. The van der Waals surface area contributed by atoms with Gasteiger partial charge in [-0.15, -0.1) is 0 Å². The largest absolute Gasteiger partial charge is 0.484 e. The Morgan fingerprint density at radius 2 is 2.04 bits per heavy atom. The number of amides is 1. The summed E-state index contributed by atoms with van der Waals surface area (Å²) in [4.78, 5) is 16.2. The topological polar surface area (TPSA) is 55.6 Å². The summed E-state index contributed by atoms with van der Waals surface area (Å²) in [6.07, 6.45) is 5.47. The third kappa shape index (κ3) is 4.26. The van der Waals surface area contributed by atoms with Crippen LogP contribution in [0.3, 0.4) is 0 Å². The van der Waals surface area contributed by atoms with Gasteiger partial charge in [-0.3, -0.25) is 4.79 Å². The van der Waals surface area contributed by atoms with Gasteiger partial charge in [0.15, 0.2) is 6.61 Å². The monoisotopic (exact) mass is 343 g/mol. The second-order valence-electron chi connectivity index (χ2n) is 5.37. The Bertz CT molecular complexity index is 815. The van der Waals surface area contributed by atoms with E-state index in [-0.39, 0.29) is 12.5 Å². The highest BCUT2D eigenvalue weighted by atomic mass is 35.5. The fourth-order valence-electron chi connectivity index (χ4n) is 2.39. The first-order chi connectivity index (χ1) is 11.7. The first-order valence-corrected chi connectivity index (χ1v) is 8.16. The maximum absolute atomic E-state index is 11.8. The fourth-order valence-corrected chi connectivity index (χ4v) is 2.52. The third-order valence-corrected chi connectivity index (χ3v) is 3.85. The molecule has 1 N–H and O–H groups in total. The molecule has 2 heterocycles. The summed E-state index contributed by atoms with van der Waals surface area (Å²) in [6, 6.07) is 12.9. The zero-order valence-electron chi connectivity index (χ0n) is 13.1. The number of rotatable bonds is 7. The Morgan fingerprint density at radius 1 is 1.21 bits per heavy atom. The average molecular weight is 344 g/mol. The van der Waals surface area contributed by atoms with E-state index in [1.54, 1.807) is 24.3 Å². The molecule has 24 heavy (non-hydrogen) atoms. The highest BCUT2D eigenvalue weighted by Gasteiger charge is 2.05. The maximum Gasteiger partial charge on any atom is 0.257 e. The third-order valence-electron chi connectivity index (χ3n) is 3.60. The standard InChI is InChI=1S/C18H18ClN3O2/c19-14-6-8-16(9-7-14)24-13-18(23)20-10-3-5-17-21-12-15-4-1-2-11-22(15)17/h1-2,4,6-9,11-12H,3,5,10,13H2,(H,20,23). The van der Waals surface area contributed by atoms with Gasteiger partial charge in [0.05, 0.1) is 11.7 Å². The van der Waals surface area contributed by atoms with Crippen molar-refractivity contribution >= 4 is 23.0 Å². The molecule has 5 nitrogen and oxygen atoms in total. The van der Waals surface area contributed by atoms with Gasteiger partial charge in [-0.05, 0) is 42.8 Å². The Labute approximate surface area is 145 Å². The van der Waals surface area contributed by atoms with Gasteiger partial charge in [0.2, 0.25) is 0 Å². The molecule has 0 bridgehead atoms. The first kappa shape index (κ1) is 16.3. The molecule has 0 saturated heterocycles. The van der Waals surface area contributed by atoms with Gasteiger partial charge < -0.3 is 14.5 Å². The molecule has 0 aliphatic rings. The minimum absolute atomic E-state index is 0.00601. The molecule has 0 spiro atoms. The van der Waals surface area contributed by atoms with Gasteiger partial charge in [-0.25, -0.2) is 4.98 Å². The molecule has 1 amide bonds. The predicted molar refractivity (Wildman–Crippen MR) is 93.5 cm³/mol. The van der Waals surface area contributed by atoms with Crippen molar-refractivity contribution in [3.05, 3.63) is 65.7 Å². The van der Waals surface area contributed by atoms with E-state index >= 15 is 0 Å². The molecule has 0 atom stereocenters. The molecular weight excluding hydrogens is 326 g/mol. The van der Waals surface area contributed by atoms with Crippen molar-refractivity contribution in [3.8, 4) is 5.75 Å². The van der Waals surface area contributed by atoms with Gasteiger partial charge in [0, 0.05) is 24.2 Å². The molecule has 3 rings (SSSR count). The molecule has 3 aromatic rings. The molecular formula is C18H18ClN3O2. The molecule has 0 unspecified atom stereocenters. The van der Waals surface area contributed by atoms with E-state index in [9.17, 15) is 4.79 Å². The number of benzene rings is 1. The smallest absolute Gasteiger partial charge is 0.257 e. The number of aryl methyl sites for hydroxylation is 1. The van der Waals surface area contributed by atoms with E-state index in [4.69, 9.17) is 16.3 Å². The minimum atomic E-state index is -0.141. The van der Waals surface area contributed by atoms with Crippen molar-refractivity contribution in [1.82, 2.24) is 14.7 Å². The lowest BCUT2D eigenvalue weighted by molar-refractivity contribution is -0.123. The van der Waals surface area contributed by atoms with Crippen LogP contribution in [0, 0.1) is 0 Å². The van der Waals surface area contributed by atoms with E-state index in [1.165, 1.54) is 0 Å². The van der Waals surface area contributed by atoms with Crippen LogP contribution >= 0.6 is 11.6 Å². The Balaban J connectivity index is 1.38. The van der Waals surface area contributed by atoms with Crippen molar-refractivity contribution in [2.45, 2.75) is 12.8 Å². The van der Waals surface area contributed by atoms with E-state index in [2.05, 4.69) is 14.7 Å². The molecule has 0 fully saturated rings. The van der Waals surface area contributed by atoms with Crippen molar-refractivity contribution in [2.24, 2.45) is 0 Å². The fraction of sp³-hybridized carbons (Fsp3) is 0.222. The van der Waals surface area contributed by atoms with E-state index < -0.39 is 0 Å². The molecule has 2 aromatic heterocycles. The number of carbonyl (C=O) groups excluding carboxylic acids is 1. The minimum Gasteiger partial charge on any atom is -0.484 e. The van der Waals surface area contributed by atoms with Crippen LogP contribution in [0.5, 0.6) is 5.75 Å². The quantitative estimate of drug-likeness (QED) is 0.671. The summed E-state index contributed by atoms with van der Waals surface area (Å²) in [5.41, 5.74) is 1.08. The van der Waals surface area contributed by atoms with Crippen LogP contribution in [-0.4, -0.2) is 28.4 Å². The Morgan fingerprint density at radius 3 is 2.88 bits per heavy atom. The van der Waals surface area contributed by atoms with Crippen molar-refractivity contribution in [3.63, 3.8) is 0 Å². The molecule has 1 aromatic carbocycles. The maximum atomic E-state index is 11.8. The Kier molecular flexibility index (Phi) is 5.33. The van der Waals surface area contributed by atoms with Gasteiger partial charge >= 0.3 is 0 Å². The lowest BCUT2D eigenvalue weighted by Gasteiger charge is -2.07. The second-order valence-corrected chi connectivity index (χ2v) is 5.80. The SMILES string of the molecule is O=C(COc1ccc(Cl)cc1)NCCCc1ncc2ccccn12. The number of imidazole rings is 1. The number of fused-ring (bicyclic) bond motifs is 1. The normalized spacial score (nSPS) is 10.7. The molecule has 0 radical (unpaired) electrons. The van der Waals surface area contributed by atoms with E-state index in [1.807, 2.05) is 30.6 Å². The number of pyridine rings is 1. The van der Waals surface area contributed by atoms with Crippen LogP contribution in [0.1, 0.15) is 12.2 Å². The predicted octanol–water partition coefficient (Wildman–Crippen LogP) is 3.12. The molecule has 0 saturated carbocycles. The van der Waals surface area contributed by atoms with Crippen LogP contribution < -0.4 is 10.1 Å². The van der Waals surface area contributed by atoms with Gasteiger partial charge in [-0.2, -0.15) is 0 Å². The van der Waals surface area contributed by atoms with Crippen LogP contribution in [0.25, 0.3) is 5.52 Å². The first-order valence-electron chi connectivity index (χ1n) is 7.78. The van der Waals surface area contributed by atoms with Gasteiger partial charge in [0.25, 0.3) is 5.91 Å². The number of aromatic nitrogens is 2. The second kappa shape index (κ2) is 7.84. The molecule has 0 aliphatic carbocycles. The van der Waals surface area contributed by atoms with Crippen molar-refractivity contribution < 1.29 is 9.53 Å². The summed E-state index contributed by atoms with van der Waals surface area (Å²) in [7, 11) is 0. The van der Waals surface area contributed by atoms with Crippen LogP contribution in [-0.2, 0) is 11.2 Å². The Hall–Kier alpha value is -2.53. The van der Waals surface area contributed by atoms with Crippen LogP contribution in [0.4, 0.5) is 0 Å². The highest BCUT2D eigenvalue weighted by Crippen LogP contribution is 2.15. The number of ether oxygens (including phenoxy) is 1. The molecule has 0 aliphatic heterocycles. The van der Waals surface area contributed by atoms with Crippen molar-refractivity contribution in [2.75, 3.05) is 13.2 Å². The zero-order chi connectivity index (χ0) is 16.8. The number of halogens is 1. The molecule has 124 valence electrons. The number of nitrogens with zero attached hydrogens (tertiary/aromatic N) is 2. The van der Waals surface area contributed by atoms with Crippen molar-refractivity contribution in [1.29, 1.82) is 0 Å². The summed E-state index contributed by atoms with van der Waals surface area (Å²) >= 11 is 5.80. The summed E-state index contributed by atoms with van der Waals surface area (Å²) in [6.45, 7) is 0.582. The van der Waals surface area contributed by atoms with Crippen LogP contribution in [0.2, 0.25) is 5.02 Å². The summed E-state index contributed by atoms with van der Waals surface area (Å²) in [5.74, 6) is 1.48. The number of nitrogens with one attached hydrogen (secondary N) is 1. The summed E-state index contributed by atoms with van der Waals surface area (Å²) < 4.78 is 7.46. The number of hydrogen-bond acceptors (Lipinski definition) is 3. The van der Waals surface area contributed by atoms with Gasteiger partial charge in [-0.1, -0.05) is 17.7 Å². The van der Waals surface area contributed by atoms with Gasteiger partial charge in [0.1, 0.15) is 11.6 Å². The number of hydrogen-bond donors (Lipinski definition) is 1. The number of carbonyl (C=O) groups is 1.